The molecule has 1 saturated heterocycles. The van der Waals surface area contributed by atoms with Crippen molar-refractivity contribution in [3.63, 3.8) is 0 Å². The van der Waals surface area contributed by atoms with E-state index in [1.54, 1.807) is 0 Å². The van der Waals surface area contributed by atoms with E-state index in [1.807, 2.05) is 19.1 Å². The first-order valence-corrected chi connectivity index (χ1v) is 6.34. The Labute approximate surface area is 132 Å². The molecule has 4 N–H and O–H groups in total. The molecule has 1 aliphatic rings. The largest absolute Gasteiger partial charge is 0.399 e. The van der Waals surface area contributed by atoms with Crippen LogP contribution in [-0.4, -0.2) is 34.3 Å². The Kier molecular flexibility index (Phi) is 7.62. The van der Waals surface area contributed by atoms with Crippen LogP contribution in [-0.2, 0) is 0 Å². The van der Waals surface area contributed by atoms with E-state index in [-0.39, 0.29) is 36.9 Å². The van der Waals surface area contributed by atoms with Crippen LogP contribution in [0.3, 0.4) is 0 Å². The van der Waals surface area contributed by atoms with Crippen LogP contribution in [0.25, 0.3) is 0 Å². The quantitative estimate of drug-likeness (QED) is 0.589. The molecule has 1 heterocycles. The summed E-state index contributed by atoms with van der Waals surface area (Å²) in [5.74, 6) is 0. The molecule has 0 saturated carbocycles. The van der Waals surface area contributed by atoms with E-state index in [2.05, 4.69) is 17.9 Å². The summed E-state index contributed by atoms with van der Waals surface area (Å²) in [4.78, 5) is 2.22. The lowest BCUT2D eigenvalue weighted by Gasteiger charge is -2.30. The average molecular weight is 324 g/mol. The number of hydroxylamine groups is 2. The van der Waals surface area contributed by atoms with Gasteiger partial charge < -0.3 is 10.6 Å². The average Bonchev–Trinajstić information content (AvgIpc) is 2.76. The second kappa shape index (κ2) is 7.90. The predicted molar refractivity (Wildman–Crippen MR) is 85.3 cm³/mol. The molecule has 2 rings (SSSR count). The van der Waals surface area contributed by atoms with Crippen molar-refractivity contribution in [2.75, 3.05) is 17.2 Å². The Hall–Kier alpha value is -0.720. The zero-order valence-corrected chi connectivity index (χ0v) is 13.3. The van der Waals surface area contributed by atoms with Gasteiger partial charge in [0.05, 0.1) is 6.04 Å². The van der Waals surface area contributed by atoms with E-state index in [9.17, 15) is 10.4 Å². The van der Waals surface area contributed by atoms with Gasteiger partial charge >= 0.3 is 0 Å². The summed E-state index contributed by atoms with van der Waals surface area (Å²) in [6.45, 7) is 4.87. The van der Waals surface area contributed by atoms with Crippen LogP contribution in [0.2, 0.25) is 0 Å². The third kappa shape index (κ3) is 3.68. The third-order valence-electron chi connectivity index (χ3n) is 3.81. The molecule has 2 unspecified atom stereocenters. The maximum atomic E-state index is 9.26. The van der Waals surface area contributed by atoms with E-state index in [0.717, 1.165) is 36.3 Å². The number of nitrogens with two attached hydrogens (primary N) is 1. The minimum Gasteiger partial charge on any atom is -0.399 e. The number of anilines is 2. The molecule has 0 aliphatic carbocycles. The van der Waals surface area contributed by atoms with Gasteiger partial charge in [-0.2, -0.15) is 0 Å². The molecule has 5 nitrogen and oxygen atoms in total. The second-order valence-electron chi connectivity index (χ2n) is 4.89. The van der Waals surface area contributed by atoms with Gasteiger partial charge in [0.2, 0.25) is 0 Å². The molecule has 0 spiro atoms. The van der Waals surface area contributed by atoms with Crippen molar-refractivity contribution in [2.45, 2.75) is 38.8 Å². The van der Waals surface area contributed by atoms with Crippen molar-refractivity contribution < 1.29 is 10.4 Å². The minimum absolute atomic E-state index is 0. The molecule has 1 aromatic rings. The van der Waals surface area contributed by atoms with Crippen molar-refractivity contribution in [2.24, 2.45) is 0 Å². The van der Waals surface area contributed by atoms with Crippen molar-refractivity contribution in [1.29, 1.82) is 0 Å². The summed E-state index contributed by atoms with van der Waals surface area (Å²) in [5, 5.41) is 18.9. The Morgan fingerprint density at radius 3 is 2.50 bits per heavy atom. The van der Waals surface area contributed by atoms with Crippen molar-refractivity contribution >= 4 is 36.2 Å². The molecule has 20 heavy (non-hydrogen) atoms. The number of nitrogens with zero attached hydrogens (tertiary/aromatic N) is 2. The molecule has 0 bridgehead atoms. The Morgan fingerprint density at radius 2 is 2.00 bits per heavy atom. The molecule has 1 aliphatic heterocycles. The van der Waals surface area contributed by atoms with Gasteiger partial charge in [0, 0.05) is 24.0 Å². The molecule has 7 heteroatoms. The van der Waals surface area contributed by atoms with E-state index >= 15 is 0 Å². The van der Waals surface area contributed by atoms with E-state index in [1.165, 1.54) is 0 Å². The lowest BCUT2D eigenvalue weighted by molar-refractivity contribution is -0.332. The molecule has 1 aromatic carbocycles. The van der Waals surface area contributed by atoms with Gasteiger partial charge in [-0.15, -0.1) is 24.8 Å². The van der Waals surface area contributed by atoms with E-state index in [4.69, 9.17) is 5.73 Å². The number of halogens is 2. The van der Waals surface area contributed by atoms with Crippen LogP contribution in [0.1, 0.15) is 25.3 Å². The van der Waals surface area contributed by atoms with E-state index < -0.39 is 0 Å². The van der Waals surface area contributed by atoms with Crippen molar-refractivity contribution in [3.05, 3.63) is 23.8 Å². The molecular formula is C13H23Cl2N3O2. The highest BCUT2D eigenvalue weighted by Crippen LogP contribution is 2.31. The standard InChI is InChI=1S/C13H21N3O2.2ClH/c1-3-12-13(16(17)18)6-7-15(12)10-4-5-11(14)9(2)8-10;;/h4-5,8,12-13,17-18H,3,6-7,14H2,1-2H3;2*1H. The summed E-state index contributed by atoms with van der Waals surface area (Å²) in [7, 11) is 0. The monoisotopic (exact) mass is 323 g/mol. The summed E-state index contributed by atoms with van der Waals surface area (Å²) in [6.07, 6.45) is 1.61. The van der Waals surface area contributed by atoms with Crippen molar-refractivity contribution in [1.82, 2.24) is 5.23 Å². The SMILES string of the molecule is CCC1C(N(O)O)CCN1c1ccc(N)c(C)c1.Cl.Cl. The van der Waals surface area contributed by atoms with Gasteiger partial charge in [0.25, 0.3) is 0 Å². The molecular weight excluding hydrogens is 301 g/mol. The van der Waals surface area contributed by atoms with Gasteiger partial charge in [-0.1, -0.05) is 12.2 Å². The predicted octanol–water partition coefficient (Wildman–Crippen LogP) is 2.86. The van der Waals surface area contributed by atoms with Crippen LogP contribution in [0.4, 0.5) is 11.4 Å². The normalized spacial score (nSPS) is 21.6. The van der Waals surface area contributed by atoms with Crippen LogP contribution in [0.15, 0.2) is 18.2 Å². The molecule has 0 amide bonds. The van der Waals surface area contributed by atoms with Crippen LogP contribution >= 0.6 is 24.8 Å². The Morgan fingerprint density at radius 1 is 1.35 bits per heavy atom. The van der Waals surface area contributed by atoms with Crippen LogP contribution in [0.5, 0.6) is 0 Å². The van der Waals surface area contributed by atoms with Gasteiger partial charge in [-0.25, -0.2) is 0 Å². The van der Waals surface area contributed by atoms with Crippen LogP contribution in [0, 0.1) is 6.92 Å². The first-order chi connectivity index (χ1) is 8.54. The zero-order chi connectivity index (χ0) is 13.3. The summed E-state index contributed by atoms with van der Waals surface area (Å²) in [6, 6.07) is 5.84. The highest BCUT2D eigenvalue weighted by molar-refractivity contribution is 5.85. The van der Waals surface area contributed by atoms with Gasteiger partial charge in [-0.3, -0.25) is 10.4 Å². The Balaban J connectivity index is 0.00000180. The number of aryl methyl sites for hydroxylation is 1. The van der Waals surface area contributed by atoms with Gasteiger partial charge in [0.1, 0.15) is 0 Å². The zero-order valence-electron chi connectivity index (χ0n) is 11.7. The summed E-state index contributed by atoms with van der Waals surface area (Å²) >= 11 is 0. The third-order valence-corrected chi connectivity index (χ3v) is 3.81. The minimum atomic E-state index is -0.229. The lowest BCUT2D eigenvalue weighted by atomic mass is 10.1. The first-order valence-electron chi connectivity index (χ1n) is 6.34. The number of benzene rings is 1. The fourth-order valence-corrected chi connectivity index (χ4v) is 2.76. The summed E-state index contributed by atoms with van der Waals surface area (Å²) < 4.78 is 0. The fraction of sp³-hybridized carbons (Fsp3) is 0.538. The van der Waals surface area contributed by atoms with Gasteiger partial charge in [0.15, 0.2) is 0 Å². The first kappa shape index (κ1) is 19.3. The van der Waals surface area contributed by atoms with Crippen LogP contribution < -0.4 is 10.6 Å². The number of nitrogen functional groups attached to an aromatic ring is 1. The van der Waals surface area contributed by atoms with Crippen molar-refractivity contribution in [3.8, 4) is 0 Å². The number of rotatable bonds is 3. The maximum Gasteiger partial charge on any atom is 0.0843 e. The van der Waals surface area contributed by atoms with E-state index in [0.29, 0.717) is 5.23 Å². The molecule has 116 valence electrons. The highest BCUT2D eigenvalue weighted by Gasteiger charge is 2.36. The molecule has 0 aromatic heterocycles. The smallest absolute Gasteiger partial charge is 0.0843 e. The molecule has 1 fully saturated rings. The van der Waals surface area contributed by atoms with Gasteiger partial charge in [-0.05, 0) is 43.5 Å². The number of hydrogen-bond acceptors (Lipinski definition) is 5. The second-order valence-corrected chi connectivity index (χ2v) is 4.89. The fourth-order valence-electron chi connectivity index (χ4n) is 2.76. The topological polar surface area (TPSA) is 73.0 Å². The maximum absolute atomic E-state index is 9.26. The highest BCUT2D eigenvalue weighted by atomic mass is 35.5. The molecule has 0 radical (unpaired) electrons. The summed E-state index contributed by atoms with van der Waals surface area (Å²) in [5.41, 5.74) is 8.76. The molecule has 2 atom stereocenters. The Bertz CT molecular complexity index is 432. The number of hydrogen-bond donors (Lipinski definition) is 3. The lowest BCUT2D eigenvalue weighted by Crippen LogP contribution is -2.42.